The van der Waals surface area contributed by atoms with Gasteiger partial charge in [-0.3, -0.25) is 4.79 Å². The highest BCUT2D eigenvalue weighted by Gasteiger charge is 2.60. The van der Waals surface area contributed by atoms with E-state index in [1.165, 1.54) is 4.90 Å². The Kier molecular flexibility index (Phi) is 3.67. The number of hydrogen-bond acceptors (Lipinski definition) is 4. The molecule has 5 rings (SSSR count). The zero-order valence-electron chi connectivity index (χ0n) is 13.8. The number of ether oxygens (including phenoxy) is 1. The van der Waals surface area contributed by atoms with Crippen LogP contribution in [-0.2, 0) is 20.9 Å². The van der Waals surface area contributed by atoms with E-state index >= 15 is 0 Å². The Morgan fingerprint density at radius 1 is 1.20 bits per heavy atom. The van der Waals surface area contributed by atoms with Crippen LogP contribution in [-0.4, -0.2) is 57.1 Å². The van der Waals surface area contributed by atoms with Crippen molar-refractivity contribution in [1.29, 1.82) is 0 Å². The molecule has 1 atom stereocenters. The Morgan fingerprint density at radius 2 is 1.88 bits per heavy atom. The molecular weight excluding hydrogens is 324 g/mol. The molecule has 3 aliphatic heterocycles. The Balaban J connectivity index is 1.62. The molecule has 3 saturated heterocycles. The molecule has 0 aromatic heterocycles. The van der Waals surface area contributed by atoms with E-state index in [4.69, 9.17) is 4.74 Å². The lowest BCUT2D eigenvalue weighted by Gasteiger charge is -2.59. The van der Waals surface area contributed by atoms with Crippen LogP contribution in [0, 0.1) is 0 Å². The molecule has 3 heterocycles. The number of fused-ring (bicyclic) bond motifs is 2. The van der Waals surface area contributed by atoms with Crippen LogP contribution in [0.3, 0.4) is 0 Å². The molecule has 7 heteroatoms. The van der Waals surface area contributed by atoms with Crippen molar-refractivity contribution in [1.82, 2.24) is 9.80 Å². The van der Waals surface area contributed by atoms with E-state index in [0.29, 0.717) is 38.8 Å². The van der Waals surface area contributed by atoms with Gasteiger partial charge in [0.05, 0.1) is 6.04 Å². The molecule has 1 N–H and O–H groups in total. The number of carboxylic acid groups (broad SMARTS) is 1. The lowest BCUT2D eigenvalue weighted by atomic mass is 9.70. The second-order valence-electron chi connectivity index (χ2n) is 7.06. The normalized spacial score (nSPS) is 30.6. The van der Waals surface area contributed by atoms with Crippen molar-refractivity contribution in [3.05, 3.63) is 35.9 Å². The first-order valence-corrected chi connectivity index (χ1v) is 8.58. The van der Waals surface area contributed by atoms with E-state index in [1.807, 2.05) is 30.3 Å². The summed E-state index contributed by atoms with van der Waals surface area (Å²) in [5.41, 5.74) is 0.233. The first kappa shape index (κ1) is 15.9. The van der Waals surface area contributed by atoms with Crippen molar-refractivity contribution in [2.45, 2.75) is 49.9 Å². The number of benzene rings is 1. The number of carbonyl (C=O) groups excluding carboxylic acids is 2. The second-order valence-corrected chi connectivity index (χ2v) is 7.06. The fourth-order valence-corrected chi connectivity index (χ4v) is 4.51. The topological polar surface area (TPSA) is 87.1 Å². The monoisotopic (exact) mass is 344 g/mol. The van der Waals surface area contributed by atoms with Crippen LogP contribution in [0.25, 0.3) is 0 Å². The molecule has 1 saturated carbocycles. The Labute approximate surface area is 145 Å². The lowest BCUT2D eigenvalue weighted by Crippen LogP contribution is -2.73. The van der Waals surface area contributed by atoms with E-state index in [1.54, 1.807) is 4.90 Å². The summed E-state index contributed by atoms with van der Waals surface area (Å²) in [7, 11) is 0. The van der Waals surface area contributed by atoms with Crippen LogP contribution in [0.2, 0.25) is 0 Å². The molecule has 4 fully saturated rings. The number of nitrogens with zero attached hydrogens (tertiary/aromatic N) is 2. The summed E-state index contributed by atoms with van der Waals surface area (Å²) in [4.78, 5) is 39.1. The average molecular weight is 344 g/mol. The van der Waals surface area contributed by atoms with Crippen LogP contribution in [0.15, 0.2) is 30.3 Å². The van der Waals surface area contributed by atoms with Gasteiger partial charge in [-0.1, -0.05) is 30.3 Å². The smallest absolute Gasteiger partial charge is 0.410 e. The summed E-state index contributed by atoms with van der Waals surface area (Å²) in [5, 5.41) is 9.19. The molecule has 4 aliphatic rings. The summed E-state index contributed by atoms with van der Waals surface area (Å²) < 4.78 is 5.81. The highest BCUT2D eigenvalue weighted by Crippen LogP contribution is 2.47. The van der Waals surface area contributed by atoms with Crippen molar-refractivity contribution in [2.24, 2.45) is 0 Å². The Hall–Kier alpha value is -2.57. The van der Waals surface area contributed by atoms with Gasteiger partial charge < -0.3 is 19.6 Å². The van der Waals surface area contributed by atoms with Gasteiger partial charge in [-0.2, -0.15) is 0 Å². The van der Waals surface area contributed by atoms with Gasteiger partial charge in [-0.25, -0.2) is 9.59 Å². The largest absolute Gasteiger partial charge is 0.474 e. The Bertz CT molecular complexity index is 711. The van der Waals surface area contributed by atoms with Crippen LogP contribution >= 0.6 is 0 Å². The summed E-state index contributed by atoms with van der Waals surface area (Å²) >= 11 is 0. The first-order valence-electron chi connectivity index (χ1n) is 8.58. The van der Waals surface area contributed by atoms with E-state index in [9.17, 15) is 19.5 Å². The maximum Gasteiger partial charge on any atom is 0.410 e. The highest BCUT2D eigenvalue weighted by molar-refractivity contribution is 6.31. The van der Waals surface area contributed by atoms with E-state index in [2.05, 4.69) is 0 Å². The summed E-state index contributed by atoms with van der Waals surface area (Å²) in [6, 6.07) is 9.07. The summed E-state index contributed by atoms with van der Waals surface area (Å²) in [6.07, 6.45) is 2.36. The molecule has 1 spiro atoms. The predicted molar refractivity (Wildman–Crippen MR) is 86.6 cm³/mol. The molecule has 1 aromatic rings. The maximum atomic E-state index is 12.5. The third-order valence-corrected chi connectivity index (χ3v) is 5.71. The third kappa shape index (κ3) is 2.54. The summed E-state index contributed by atoms with van der Waals surface area (Å²) in [5.74, 6) is -2.34. The minimum Gasteiger partial charge on any atom is -0.474 e. The van der Waals surface area contributed by atoms with E-state index < -0.39 is 23.5 Å². The van der Waals surface area contributed by atoms with Crippen LogP contribution in [0.1, 0.15) is 31.2 Å². The molecule has 0 radical (unpaired) electrons. The van der Waals surface area contributed by atoms with Gasteiger partial charge in [0.25, 0.3) is 0 Å². The van der Waals surface area contributed by atoms with E-state index in [-0.39, 0.29) is 12.1 Å². The number of aliphatic carboxylic acids is 1. The number of hydrogen-bond donors (Lipinski definition) is 1. The van der Waals surface area contributed by atoms with Crippen LogP contribution in [0.4, 0.5) is 4.79 Å². The van der Waals surface area contributed by atoms with Gasteiger partial charge in [0.1, 0.15) is 5.60 Å². The van der Waals surface area contributed by atoms with Gasteiger partial charge in [0, 0.05) is 19.1 Å². The fourth-order valence-electron chi connectivity index (χ4n) is 4.51. The molecule has 1 aliphatic carbocycles. The minimum absolute atomic E-state index is 0.0779. The second kappa shape index (κ2) is 5.75. The van der Waals surface area contributed by atoms with Crippen molar-refractivity contribution < 1.29 is 24.2 Å². The number of piperidine rings is 2. The van der Waals surface area contributed by atoms with Crippen molar-refractivity contribution in [3.8, 4) is 0 Å². The van der Waals surface area contributed by atoms with Crippen molar-refractivity contribution >= 4 is 18.0 Å². The quantitative estimate of drug-likeness (QED) is 0.824. The highest BCUT2D eigenvalue weighted by atomic mass is 16.6. The first-order chi connectivity index (χ1) is 12.0. The number of rotatable bonds is 2. The number of carboxylic acids is 1. The van der Waals surface area contributed by atoms with Gasteiger partial charge >= 0.3 is 18.0 Å². The molecule has 132 valence electrons. The van der Waals surface area contributed by atoms with Crippen molar-refractivity contribution in [3.63, 3.8) is 0 Å². The SMILES string of the molecule is O=C(O)C(=O)N1C2CCC3(CC2)OC(=O)N(Cc2ccccc2)CC13. The number of amides is 2. The molecule has 25 heavy (non-hydrogen) atoms. The van der Waals surface area contributed by atoms with Gasteiger partial charge in [-0.15, -0.1) is 0 Å². The van der Waals surface area contributed by atoms with Crippen molar-refractivity contribution in [2.75, 3.05) is 6.54 Å². The fraction of sp³-hybridized carbons (Fsp3) is 0.500. The van der Waals surface area contributed by atoms with Gasteiger partial charge in [0.2, 0.25) is 0 Å². The minimum atomic E-state index is -1.45. The molecule has 7 nitrogen and oxygen atoms in total. The third-order valence-electron chi connectivity index (χ3n) is 5.71. The lowest BCUT2D eigenvalue weighted by molar-refractivity contribution is -0.192. The van der Waals surface area contributed by atoms with Crippen LogP contribution in [0.5, 0.6) is 0 Å². The Morgan fingerprint density at radius 3 is 2.52 bits per heavy atom. The number of carbonyl (C=O) groups is 3. The average Bonchev–Trinajstić information content (AvgIpc) is 2.62. The standard InChI is InChI=1S/C18H20N2O5/c21-15(16(22)23)20-13-6-8-18(9-7-13)14(20)11-19(17(24)25-18)10-12-4-2-1-3-5-12/h1-5,13-14H,6-11H2,(H,22,23). The van der Waals surface area contributed by atoms with E-state index in [0.717, 1.165) is 5.56 Å². The molecule has 2 amide bonds. The molecule has 1 unspecified atom stereocenters. The molecule has 1 aromatic carbocycles. The zero-order chi connectivity index (χ0) is 17.6. The molecule has 2 bridgehead atoms. The molecular formula is C18H20N2O5. The van der Waals surface area contributed by atoms with Crippen LogP contribution < -0.4 is 0 Å². The van der Waals surface area contributed by atoms with Gasteiger partial charge in [-0.05, 0) is 31.2 Å². The zero-order valence-corrected chi connectivity index (χ0v) is 13.8. The summed E-state index contributed by atoms with van der Waals surface area (Å²) in [6.45, 7) is 0.690. The maximum absolute atomic E-state index is 12.5. The van der Waals surface area contributed by atoms with Gasteiger partial charge in [0.15, 0.2) is 0 Å². The predicted octanol–water partition coefficient (Wildman–Crippen LogP) is 1.62.